The van der Waals surface area contributed by atoms with Crippen LogP contribution in [0.15, 0.2) is 35.4 Å². The second-order valence-corrected chi connectivity index (χ2v) is 11.7. The number of anilines is 1. The predicted octanol–water partition coefficient (Wildman–Crippen LogP) is 1.22. The van der Waals surface area contributed by atoms with E-state index in [0.717, 1.165) is 11.3 Å². The van der Waals surface area contributed by atoms with Crippen molar-refractivity contribution in [1.29, 1.82) is 0 Å². The van der Waals surface area contributed by atoms with E-state index in [1.807, 2.05) is 0 Å². The maximum absolute atomic E-state index is 13.5. The van der Waals surface area contributed by atoms with Crippen molar-refractivity contribution in [2.75, 3.05) is 25.1 Å². The highest BCUT2D eigenvalue weighted by Crippen LogP contribution is 2.37. The summed E-state index contributed by atoms with van der Waals surface area (Å²) in [5.41, 5.74) is -2.54. The molecule has 1 aliphatic heterocycles. The third-order valence-corrected chi connectivity index (χ3v) is 9.22. The van der Waals surface area contributed by atoms with Crippen LogP contribution in [0.1, 0.15) is 42.2 Å². The SMILES string of the molecule is O=C(O)C(OC1CCOCC1)(C(=O)Nc1ncc(C(O)CO)s1)c1ccc(S(=O)(=O)C2CC2)cc1. The summed E-state index contributed by atoms with van der Waals surface area (Å²) < 4.78 is 36.4. The Bertz CT molecular complexity index is 1170. The van der Waals surface area contributed by atoms with Crippen LogP contribution < -0.4 is 5.32 Å². The van der Waals surface area contributed by atoms with Gasteiger partial charge in [-0.15, -0.1) is 0 Å². The number of rotatable bonds is 10. The van der Waals surface area contributed by atoms with Crippen LogP contribution in [0.4, 0.5) is 5.13 Å². The average molecular weight is 527 g/mol. The monoisotopic (exact) mass is 526 g/mol. The van der Waals surface area contributed by atoms with E-state index in [2.05, 4.69) is 10.3 Å². The highest BCUT2D eigenvalue weighted by molar-refractivity contribution is 7.92. The van der Waals surface area contributed by atoms with E-state index in [9.17, 15) is 28.2 Å². The first-order valence-corrected chi connectivity index (χ1v) is 13.4. The molecule has 4 N–H and O–H groups in total. The van der Waals surface area contributed by atoms with Gasteiger partial charge in [0.15, 0.2) is 15.0 Å². The second-order valence-electron chi connectivity index (χ2n) is 8.40. The van der Waals surface area contributed by atoms with Crippen LogP contribution in [-0.2, 0) is 34.5 Å². The van der Waals surface area contributed by atoms with Gasteiger partial charge in [-0.05, 0) is 37.8 Å². The molecule has 1 aliphatic carbocycles. The quantitative estimate of drug-likeness (QED) is 0.330. The number of benzene rings is 1. The maximum atomic E-state index is 13.5. The summed E-state index contributed by atoms with van der Waals surface area (Å²) in [6, 6.07) is 5.15. The number of hydrogen-bond donors (Lipinski definition) is 4. The zero-order valence-corrected chi connectivity index (χ0v) is 20.3. The van der Waals surface area contributed by atoms with Crippen molar-refractivity contribution in [3.63, 3.8) is 0 Å². The third-order valence-electron chi connectivity index (χ3n) is 5.93. The van der Waals surface area contributed by atoms with Crippen molar-refractivity contribution in [3.8, 4) is 0 Å². The number of carboxylic acids is 1. The molecule has 1 amide bonds. The van der Waals surface area contributed by atoms with Crippen LogP contribution >= 0.6 is 11.3 Å². The minimum absolute atomic E-state index is 0.00614. The Labute approximate surface area is 205 Å². The fraction of sp³-hybridized carbons (Fsp3) is 0.500. The Morgan fingerprint density at radius 2 is 1.86 bits per heavy atom. The molecular weight excluding hydrogens is 500 g/mol. The summed E-state index contributed by atoms with van der Waals surface area (Å²) in [6.45, 7) is 0.141. The normalized spacial score (nSPS) is 19.6. The fourth-order valence-electron chi connectivity index (χ4n) is 3.79. The first-order valence-electron chi connectivity index (χ1n) is 11.1. The minimum Gasteiger partial charge on any atom is -0.478 e. The number of sulfone groups is 1. The number of aliphatic carboxylic acids is 1. The van der Waals surface area contributed by atoms with Gasteiger partial charge >= 0.3 is 5.97 Å². The number of thiazole rings is 1. The van der Waals surface area contributed by atoms with Gasteiger partial charge in [0, 0.05) is 25.0 Å². The smallest absolute Gasteiger partial charge is 0.350 e. The van der Waals surface area contributed by atoms with Crippen LogP contribution in [0.3, 0.4) is 0 Å². The number of nitrogens with zero attached hydrogens (tertiary/aromatic N) is 1. The Morgan fingerprint density at radius 3 is 2.43 bits per heavy atom. The number of ether oxygens (including phenoxy) is 2. The van der Waals surface area contributed by atoms with Crippen molar-refractivity contribution in [2.45, 2.75) is 53.6 Å². The first kappa shape index (κ1) is 25.7. The molecule has 2 unspecified atom stereocenters. The van der Waals surface area contributed by atoms with Gasteiger partial charge in [0.2, 0.25) is 0 Å². The van der Waals surface area contributed by atoms with Gasteiger partial charge in [0.1, 0.15) is 6.10 Å². The Kier molecular flexibility index (Phi) is 7.54. The predicted molar refractivity (Wildman–Crippen MR) is 124 cm³/mol. The van der Waals surface area contributed by atoms with Crippen molar-refractivity contribution >= 4 is 38.2 Å². The molecule has 13 heteroatoms. The highest BCUT2D eigenvalue weighted by Gasteiger charge is 2.52. The van der Waals surface area contributed by atoms with Gasteiger partial charge in [-0.2, -0.15) is 0 Å². The zero-order valence-electron chi connectivity index (χ0n) is 18.6. The van der Waals surface area contributed by atoms with Crippen molar-refractivity contribution < 1.29 is 42.8 Å². The number of carboxylic acid groups (broad SMARTS) is 1. The summed E-state index contributed by atoms with van der Waals surface area (Å²) in [4.78, 5) is 30.5. The highest BCUT2D eigenvalue weighted by atomic mass is 32.2. The number of nitrogens with one attached hydrogen (secondary N) is 1. The van der Waals surface area contributed by atoms with Gasteiger partial charge in [-0.25, -0.2) is 18.2 Å². The van der Waals surface area contributed by atoms with E-state index in [4.69, 9.17) is 14.6 Å². The Balaban J connectivity index is 1.69. The molecule has 2 heterocycles. The molecule has 11 nitrogen and oxygen atoms in total. The lowest BCUT2D eigenvalue weighted by molar-refractivity contribution is -0.186. The van der Waals surface area contributed by atoms with Crippen LogP contribution in [0, 0.1) is 0 Å². The van der Waals surface area contributed by atoms with E-state index < -0.39 is 51.4 Å². The number of aliphatic hydroxyl groups is 2. The summed E-state index contributed by atoms with van der Waals surface area (Å²) in [5.74, 6) is -2.61. The van der Waals surface area contributed by atoms with Crippen LogP contribution in [0.25, 0.3) is 0 Å². The molecule has 1 saturated carbocycles. The summed E-state index contributed by atoms with van der Waals surface area (Å²) in [7, 11) is -3.51. The van der Waals surface area contributed by atoms with Crippen LogP contribution in [-0.4, -0.2) is 71.8 Å². The molecule has 1 saturated heterocycles. The first-order chi connectivity index (χ1) is 16.7. The van der Waals surface area contributed by atoms with E-state index >= 15 is 0 Å². The number of carbonyl (C=O) groups is 2. The number of aliphatic hydroxyl groups excluding tert-OH is 2. The minimum atomic E-state index is -3.51. The molecule has 35 heavy (non-hydrogen) atoms. The molecule has 2 aromatic rings. The lowest BCUT2D eigenvalue weighted by atomic mass is 9.91. The van der Waals surface area contributed by atoms with Gasteiger partial charge in [0.05, 0.1) is 27.7 Å². The topological polar surface area (TPSA) is 172 Å². The molecule has 2 aliphatic rings. The molecule has 0 bridgehead atoms. The van der Waals surface area contributed by atoms with E-state index in [0.29, 0.717) is 38.9 Å². The standard InChI is InChI=1S/C22H26N2O9S2/c25-12-17(26)18-11-23-21(34-18)24-19(27)22(20(28)29,33-14-7-9-32-10-8-14)13-1-3-15(4-2-13)35(30,31)16-5-6-16/h1-4,11,14,16-17,25-26H,5-10,12H2,(H,28,29)(H,23,24,27). The van der Waals surface area contributed by atoms with Crippen LogP contribution in [0.5, 0.6) is 0 Å². The van der Waals surface area contributed by atoms with Gasteiger partial charge in [0.25, 0.3) is 11.5 Å². The second kappa shape index (κ2) is 10.3. The number of amides is 1. The van der Waals surface area contributed by atoms with E-state index in [1.165, 1.54) is 30.5 Å². The van der Waals surface area contributed by atoms with E-state index in [-0.39, 0.29) is 20.5 Å². The lowest BCUT2D eigenvalue weighted by Gasteiger charge is -2.34. The molecular formula is C22H26N2O9S2. The average Bonchev–Trinajstić information content (AvgIpc) is 3.62. The fourth-order valence-corrected chi connectivity index (χ4v) is 6.24. The lowest BCUT2D eigenvalue weighted by Crippen LogP contribution is -2.52. The molecule has 0 spiro atoms. The number of hydrogen-bond acceptors (Lipinski definition) is 10. The van der Waals surface area contributed by atoms with Crippen molar-refractivity contribution in [2.24, 2.45) is 0 Å². The third kappa shape index (κ3) is 5.25. The number of aromatic nitrogens is 1. The molecule has 0 radical (unpaired) electrons. The Hall–Kier alpha value is -2.42. The number of carbonyl (C=O) groups excluding carboxylic acids is 1. The molecule has 1 aromatic carbocycles. The molecule has 4 rings (SSSR count). The van der Waals surface area contributed by atoms with Crippen molar-refractivity contribution in [3.05, 3.63) is 40.9 Å². The maximum Gasteiger partial charge on any atom is 0.350 e. The Morgan fingerprint density at radius 1 is 1.20 bits per heavy atom. The van der Waals surface area contributed by atoms with E-state index in [1.54, 1.807) is 0 Å². The van der Waals surface area contributed by atoms with Crippen molar-refractivity contribution in [1.82, 2.24) is 4.98 Å². The summed E-state index contributed by atoms with van der Waals surface area (Å²) >= 11 is 0.878. The zero-order chi connectivity index (χ0) is 25.2. The molecule has 190 valence electrons. The van der Waals surface area contributed by atoms with Gasteiger partial charge < -0.3 is 24.8 Å². The largest absolute Gasteiger partial charge is 0.478 e. The van der Waals surface area contributed by atoms with Crippen LogP contribution in [0.2, 0.25) is 0 Å². The van der Waals surface area contributed by atoms with Gasteiger partial charge in [-0.1, -0.05) is 23.5 Å². The molecule has 1 aromatic heterocycles. The summed E-state index contributed by atoms with van der Waals surface area (Å²) in [6.07, 6.45) is 1.39. The molecule has 2 fully saturated rings. The molecule has 2 atom stereocenters. The van der Waals surface area contributed by atoms with Gasteiger partial charge in [-0.3, -0.25) is 10.1 Å². The summed E-state index contributed by atoms with van der Waals surface area (Å²) in [5, 5.41) is 31.2.